The second-order valence-corrected chi connectivity index (χ2v) is 9.98. The maximum atomic E-state index is 13.1. The van der Waals surface area contributed by atoms with Crippen molar-refractivity contribution in [2.24, 2.45) is 0 Å². The molecule has 0 saturated carbocycles. The third-order valence-corrected chi connectivity index (χ3v) is 8.83. The van der Waals surface area contributed by atoms with Gasteiger partial charge >= 0.3 is 160 Å². The summed E-state index contributed by atoms with van der Waals surface area (Å²) < 4.78 is 32.8. The van der Waals surface area contributed by atoms with Crippen molar-refractivity contribution in [3.63, 3.8) is 0 Å². The van der Waals surface area contributed by atoms with Crippen LogP contribution in [0.3, 0.4) is 0 Å². The summed E-state index contributed by atoms with van der Waals surface area (Å²) in [5, 5.41) is 0. The third kappa shape index (κ3) is 3.85. The number of carbonyl (C=O) groups is 1. The van der Waals surface area contributed by atoms with E-state index in [9.17, 15) is 13.2 Å². The van der Waals surface area contributed by atoms with Crippen LogP contribution in [0.25, 0.3) is 0 Å². The van der Waals surface area contributed by atoms with E-state index in [1.54, 1.807) is 43.3 Å². The molecule has 7 heteroatoms. The Morgan fingerprint density at radius 3 is 2.31 bits per heavy atom. The number of hydrogen-bond acceptors (Lipinski definition) is 4. The molecule has 2 aromatic rings. The minimum atomic E-state index is -3.71. The van der Waals surface area contributed by atoms with E-state index >= 15 is 0 Å². The first-order valence-corrected chi connectivity index (χ1v) is 11.6. The number of rotatable bonds is 5. The molecule has 1 aliphatic rings. The summed E-state index contributed by atoms with van der Waals surface area (Å²) in [5.74, 6) is -0.304. The van der Waals surface area contributed by atoms with Crippen molar-refractivity contribution in [2.45, 2.75) is 21.6 Å². The molecule has 0 unspecified atom stereocenters. The van der Waals surface area contributed by atoms with Gasteiger partial charge in [-0.05, 0) is 0 Å². The van der Waals surface area contributed by atoms with Gasteiger partial charge in [-0.15, -0.1) is 0 Å². The number of sulfonamides is 1. The van der Waals surface area contributed by atoms with Crippen LogP contribution in [-0.4, -0.2) is 40.3 Å². The van der Waals surface area contributed by atoms with Gasteiger partial charge in [0.15, 0.2) is 0 Å². The van der Waals surface area contributed by atoms with E-state index in [1.807, 2.05) is 30.3 Å². The van der Waals surface area contributed by atoms with Crippen molar-refractivity contribution >= 4 is 30.9 Å². The average Bonchev–Trinajstić information content (AvgIpc) is 2.69. The van der Waals surface area contributed by atoms with Crippen molar-refractivity contribution in [1.82, 2.24) is 4.31 Å². The molecule has 26 heavy (non-hydrogen) atoms. The molecular formula is C19H19NO4SSe. The van der Waals surface area contributed by atoms with Crippen LogP contribution in [0.2, 0.25) is 4.82 Å². The van der Waals surface area contributed by atoms with E-state index < -0.39 is 19.8 Å². The Bertz CT molecular complexity index is 884. The zero-order valence-electron chi connectivity index (χ0n) is 14.2. The molecule has 1 heterocycles. The van der Waals surface area contributed by atoms with Crippen LogP contribution in [0, 0.1) is 0 Å². The van der Waals surface area contributed by atoms with Crippen molar-refractivity contribution in [2.75, 3.05) is 6.61 Å². The quantitative estimate of drug-likeness (QED) is 0.534. The summed E-state index contributed by atoms with van der Waals surface area (Å²) in [6, 6.07) is 17.7. The number of hydrogen-bond donors (Lipinski definition) is 0. The van der Waals surface area contributed by atoms with Gasteiger partial charge in [0.1, 0.15) is 0 Å². The zero-order valence-corrected chi connectivity index (χ0v) is 16.7. The standard InChI is InChI=1S/C19H19NO4SSe/c1-2-24-19(21)17-13-14-20(18(26-17)15-9-5-3-6-10-15)25(22,23)16-11-7-4-8-12-16/h3-14,17-18H,2H2,1H3/t17-,18+/m0/s1. The molecule has 5 nitrogen and oxygen atoms in total. The Morgan fingerprint density at radius 2 is 1.69 bits per heavy atom. The Morgan fingerprint density at radius 1 is 1.08 bits per heavy atom. The summed E-state index contributed by atoms with van der Waals surface area (Å²) in [5.41, 5.74) is 0.866. The zero-order chi connectivity index (χ0) is 18.6. The maximum absolute atomic E-state index is 13.1. The van der Waals surface area contributed by atoms with E-state index in [4.69, 9.17) is 4.74 Å². The number of esters is 1. The molecule has 0 aliphatic carbocycles. The minimum absolute atomic E-state index is 0.232. The van der Waals surface area contributed by atoms with Crippen LogP contribution in [0.1, 0.15) is 17.4 Å². The summed E-state index contributed by atoms with van der Waals surface area (Å²) in [7, 11) is -3.71. The van der Waals surface area contributed by atoms with Crippen LogP contribution in [0.5, 0.6) is 0 Å². The van der Waals surface area contributed by atoms with E-state index in [1.165, 1.54) is 10.5 Å². The van der Waals surface area contributed by atoms with Gasteiger partial charge in [-0.3, -0.25) is 0 Å². The fourth-order valence-electron chi connectivity index (χ4n) is 2.61. The molecule has 0 amide bonds. The number of ether oxygens (including phenoxy) is 1. The molecule has 0 saturated heterocycles. The third-order valence-electron chi connectivity index (χ3n) is 3.84. The molecule has 1 aliphatic heterocycles. The molecule has 2 aromatic carbocycles. The number of benzene rings is 2. The first-order chi connectivity index (χ1) is 12.5. The van der Waals surface area contributed by atoms with Gasteiger partial charge in [-0.1, -0.05) is 0 Å². The van der Waals surface area contributed by atoms with Gasteiger partial charge in [0.25, 0.3) is 0 Å². The van der Waals surface area contributed by atoms with Gasteiger partial charge in [0.05, 0.1) is 0 Å². The van der Waals surface area contributed by atoms with Gasteiger partial charge in [-0.2, -0.15) is 0 Å². The topological polar surface area (TPSA) is 63.7 Å². The van der Waals surface area contributed by atoms with Crippen LogP contribution in [-0.2, 0) is 19.6 Å². The Balaban J connectivity index is 2.01. The molecule has 2 atom stereocenters. The molecule has 0 radical (unpaired) electrons. The van der Waals surface area contributed by atoms with Crippen molar-refractivity contribution in [3.05, 3.63) is 78.5 Å². The van der Waals surface area contributed by atoms with Crippen LogP contribution < -0.4 is 0 Å². The van der Waals surface area contributed by atoms with Crippen LogP contribution in [0.4, 0.5) is 0 Å². The fourth-order valence-corrected chi connectivity index (χ4v) is 7.28. The van der Waals surface area contributed by atoms with Gasteiger partial charge in [0, 0.05) is 0 Å². The van der Waals surface area contributed by atoms with Crippen LogP contribution >= 0.6 is 0 Å². The van der Waals surface area contributed by atoms with Gasteiger partial charge < -0.3 is 0 Å². The summed E-state index contributed by atoms with van der Waals surface area (Å²) >= 11 is -0.343. The van der Waals surface area contributed by atoms with Crippen molar-refractivity contribution < 1.29 is 17.9 Å². The Hall–Kier alpha value is -2.08. The molecule has 0 aromatic heterocycles. The van der Waals surface area contributed by atoms with Gasteiger partial charge in [0.2, 0.25) is 0 Å². The SMILES string of the molecule is CCOC(=O)[C@@H]1C=CN(S(=O)(=O)c2ccccc2)[C@@H](c2ccccc2)[Se]1. The second kappa shape index (κ2) is 8.08. The number of carbonyl (C=O) groups excluding carboxylic acids is 1. The van der Waals surface area contributed by atoms with Gasteiger partial charge in [-0.25, -0.2) is 0 Å². The number of nitrogens with zero attached hydrogens (tertiary/aromatic N) is 1. The summed E-state index contributed by atoms with van der Waals surface area (Å²) in [6.07, 6.45) is 3.14. The molecule has 3 rings (SSSR count). The molecule has 0 spiro atoms. The normalized spacial score (nSPS) is 20.0. The Labute approximate surface area is 159 Å². The summed E-state index contributed by atoms with van der Waals surface area (Å²) in [4.78, 5) is 11.6. The first kappa shape index (κ1) is 18.7. The average molecular weight is 436 g/mol. The predicted molar refractivity (Wildman–Crippen MR) is 99.9 cm³/mol. The van der Waals surface area contributed by atoms with E-state index in [0.717, 1.165) is 5.56 Å². The molecule has 136 valence electrons. The van der Waals surface area contributed by atoms with E-state index in [2.05, 4.69) is 0 Å². The van der Waals surface area contributed by atoms with Crippen molar-refractivity contribution in [3.8, 4) is 0 Å². The molecule has 0 fully saturated rings. The fraction of sp³-hybridized carbons (Fsp3) is 0.211. The first-order valence-electron chi connectivity index (χ1n) is 8.18. The van der Waals surface area contributed by atoms with Crippen molar-refractivity contribution in [1.29, 1.82) is 0 Å². The monoisotopic (exact) mass is 437 g/mol. The molecule has 0 bridgehead atoms. The molecule has 0 N–H and O–H groups in total. The summed E-state index contributed by atoms with van der Waals surface area (Å²) in [6.45, 7) is 2.07. The van der Waals surface area contributed by atoms with Crippen LogP contribution in [0.15, 0.2) is 77.8 Å². The Kier molecular flexibility index (Phi) is 5.81. The van der Waals surface area contributed by atoms with E-state index in [-0.39, 0.29) is 25.8 Å². The van der Waals surface area contributed by atoms with E-state index in [0.29, 0.717) is 6.61 Å². The molecular weight excluding hydrogens is 417 g/mol. The second-order valence-electron chi connectivity index (χ2n) is 5.56. The predicted octanol–water partition coefficient (Wildman–Crippen LogP) is 2.96.